The molecule has 1 nitrogen and oxygen atoms in total. The molecule has 1 aliphatic rings. The second-order valence-electron chi connectivity index (χ2n) is 6.30. The van der Waals surface area contributed by atoms with Crippen LogP contribution in [0.5, 0.6) is 0 Å². The van der Waals surface area contributed by atoms with Crippen molar-refractivity contribution in [3.8, 4) is 11.1 Å². The van der Waals surface area contributed by atoms with E-state index in [1.54, 1.807) is 0 Å². The number of hydrogen-bond donors (Lipinski definition) is 0. The highest BCUT2D eigenvalue weighted by Gasteiger charge is 2.30. The Hall–Kier alpha value is -1.81. The quantitative estimate of drug-likeness (QED) is 0.737. The second-order valence-corrected chi connectivity index (χ2v) is 6.30. The molecule has 2 aromatic rings. The minimum atomic E-state index is -4.28. The Morgan fingerprint density at radius 2 is 1.48 bits per heavy atom. The largest absolute Gasteiger partial charge is 0.416 e. The molecular formula is C19H20F3N. The third kappa shape index (κ3) is 3.75. The monoisotopic (exact) mass is 319 g/mol. The lowest BCUT2D eigenvalue weighted by Crippen LogP contribution is -2.30. The van der Waals surface area contributed by atoms with Gasteiger partial charge in [-0.05, 0) is 61.2 Å². The molecule has 1 fully saturated rings. The van der Waals surface area contributed by atoms with Gasteiger partial charge in [0.05, 0.1) is 5.56 Å². The summed E-state index contributed by atoms with van der Waals surface area (Å²) in [5.74, 6) is 0.551. The Bertz CT molecular complexity index is 644. The molecule has 0 saturated carbocycles. The highest BCUT2D eigenvalue weighted by molar-refractivity contribution is 5.64. The van der Waals surface area contributed by atoms with Crippen molar-refractivity contribution in [3.63, 3.8) is 0 Å². The number of nitrogens with zero attached hydrogens (tertiary/aromatic N) is 1. The number of benzene rings is 2. The van der Waals surface area contributed by atoms with Gasteiger partial charge in [-0.1, -0.05) is 36.4 Å². The van der Waals surface area contributed by atoms with Crippen molar-refractivity contribution < 1.29 is 13.2 Å². The average Bonchev–Trinajstić information content (AvgIpc) is 2.54. The van der Waals surface area contributed by atoms with Crippen molar-refractivity contribution in [3.05, 3.63) is 59.7 Å². The Morgan fingerprint density at radius 1 is 0.913 bits per heavy atom. The van der Waals surface area contributed by atoms with Gasteiger partial charge in [0.25, 0.3) is 0 Å². The first kappa shape index (κ1) is 16.1. The maximum atomic E-state index is 12.6. The predicted octanol–water partition coefficient (Wildman–Crippen LogP) is 5.18. The van der Waals surface area contributed by atoms with Crippen LogP contribution >= 0.6 is 0 Å². The van der Waals surface area contributed by atoms with Crippen molar-refractivity contribution in [2.45, 2.75) is 24.9 Å². The maximum Gasteiger partial charge on any atom is 0.416 e. The summed E-state index contributed by atoms with van der Waals surface area (Å²) in [7, 11) is 2.14. The number of hydrogen-bond acceptors (Lipinski definition) is 1. The standard InChI is InChI=1S/C19H20F3N/c1-23-12-2-3-17(13-23)16-6-4-14(5-7-16)15-8-10-18(11-9-15)19(20,21)22/h4-11,17H,2-3,12-13H2,1H3. The smallest absolute Gasteiger partial charge is 0.306 e. The minimum Gasteiger partial charge on any atom is -0.306 e. The molecule has 23 heavy (non-hydrogen) atoms. The summed E-state index contributed by atoms with van der Waals surface area (Å²) in [6, 6.07) is 13.6. The number of halogens is 3. The van der Waals surface area contributed by atoms with E-state index < -0.39 is 11.7 Å². The van der Waals surface area contributed by atoms with Crippen LogP contribution in [0.25, 0.3) is 11.1 Å². The van der Waals surface area contributed by atoms with E-state index in [1.807, 2.05) is 12.1 Å². The van der Waals surface area contributed by atoms with E-state index in [2.05, 4.69) is 24.1 Å². The third-order valence-corrected chi connectivity index (χ3v) is 4.55. The molecule has 3 rings (SSSR count). The number of likely N-dealkylation sites (tertiary alicyclic amines) is 1. The molecule has 1 unspecified atom stereocenters. The van der Waals surface area contributed by atoms with Crippen molar-refractivity contribution >= 4 is 0 Å². The summed E-state index contributed by atoms with van der Waals surface area (Å²) in [6.45, 7) is 2.22. The van der Waals surface area contributed by atoms with E-state index >= 15 is 0 Å². The lowest BCUT2D eigenvalue weighted by Gasteiger charge is -2.30. The Labute approximate surface area is 134 Å². The van der Waals surface area contributed by atoms with Gasteiger partial charge in [0.15, 0.2) is 0 Å². The zero-order chi connectivity index (χ0) is 16.4. The SMILES string of the molecule is CN1CCCC(c2ccc(-c3ccc(C(F)(F)F)cc3)cc2)C1. The molecule has 0 aliphatic carbocycles. The van der Waals surface area contributed by atoms with Crippen LogP contribution in [0.4, 0.5) is 13.2 Å². The van der Waals surface area contributed by atoms with Crippen LogP contribution in [-0.2, 0) is 6.18 Å². The first-order valence-corrected chi connectivity index (χ1v) is 7.89. The summed E-state index contributed by atoms with van der Waals surface area (Å²) in [6.07, 6.45) is -1.87. The summed E-state index contributed by atoms with van der Waals surface area (Å²) < 4.78 is 37.8. The van der Waals surface area contributed by atoms with Gasteiger partial charge in [-0.25, -0.2) is 0 Å². The molecule has 0 radical (unpaired) electrons. The number of likely N-dealkylation sites (N-methyl/N-ethyl adjacent to an activating group) is 1. The second kappa shape index (κ2) is 6.36. The predicted molar refractivity (Wildman–Crippen MR) is 86.4 cm³/mol. The fourth-order valence-corrected chi connectivity index (χ4v) is 3.24. The molecule has 2 aromatic carbocycles. The van der Waals surface area contributed by atoms with E-state index in [0.29, 0.717) is 5.92 Å². The number of alkyl halides is 3. The van der Waals surface area contributed by atoms with Gasteiger partial charge in [-0.3, -0.25) is 0 Å². The summed E-state index contributed by atoms with van der Waals surface area (Å²) in [5, 5.41) is 0. The van der Waals surface area contributed by atoms with Gasteiger partial charge in [-0.15, -0.1) is 0 Å². The molecular weight excluding hydrogens is 299 g/mol. The molecule has 1 aliphatic heterocycles. The third-order valence-electron chi connectivity index (χ3n) is 4.55. The fourth-order valence-electron chi connectivity index (χ4n) is 3.24. The zero-order valence-corrected chi connectivity index (χ0v) is 13.1. The van der Waals surface area contributed by atoms with Crippen molar-refractivity contribution in [1.29, 1.82) is 0 Å². The lowest BCUT2D eigenvalue weighted by molar-refractivity contribution is -0.137. The topological polar surface area (TPSA) is 3.24 Å². The van der Waals surface area contributed by atoms with Crippen LogP contribution < -0.4 is 0 Å². The summed E-state index contributed by atoms with van der Waals surface area (Å²) >= 11 is 0. The lowest BCUT2D eigenvalue weighted by atomic mass is 9.90. The van der Waals surface area contributed by atoms with Crippen LogP contribution in [0.1, 0.15) is 29.9 Å². The average molecular weight is 319 g/mol. The van der Waals surface area contributed by atoms with Gasteiger partial charge < -0.3 is 4.90 Å². The zero-order valence-electron chi connectivity index (χ0n) is 13.1. The first-order chi connectivity index (χ1) is 10.9. The molecule has 0 bridgehead atoms. The Morgan fingerprint density at radius 3 is 2.00 bits per heavy atom. The van der Waals surface area contributed by atoms with Crippen LogP contribution in [0.15, 0.2) is 48.5 Å². The molecule has 4 heteroatoms. The van der Waals surface area contributed by atoms with Crippen LogP contribution in [0, 0.1) is 0 Å². The van der Waals surface area contributed by atoms with Crippen LogP contribution in [-0.4, -0.2) is 25.0 Å². The first-order valence-electron chi connectivity index (χ1n) is 7.89. The van der Waals surface area contributed by atoms with Gasteiger partial charge in [0, 0.05) is 6.54 Å². The highest BCUT2D eigenvalue weighted by atomic mass is 19.4. The van der Waals surface area contributed by atoms with Crippen LogP contribution in [0.3, 0.4) is 0 Å². The van der Waals surface area contributed by atoms with Gasteiger partial charge in [-0.2, -0.15) is 13.2 Å². The van der Waals surface area contributed by atoms with E-state index in [9.17, 15) is 13.2 Å². The number of piperidine rings is 1. The van der Waals surface area contributed by atoms with Crippen molar-refractivity contribution in [1.82, 2.24) is 4.90 Å². The Balaban J connectivity index is 1.77. The summed E-state index contributed by atoms with van der Waals surface area (Å²) in [5.41, 5.74) is 2.47. The molecule has 0 N–H and O–H groups in total. The van der Waals surface area contributed by atoms with Crippen molar-refractivity contribution in [2.24, 2.45) is 0 Å². The van der Waals surface area contributed by atoms with Crippen LogP contribution in [0.2, 0.25) is 0 Å². The molecule has 122 valence electrons. The highest BCUT2D eigenvalue weighted by Crippen LogP contribution is 2.32. The van der Waals surface area contributed by atoms with Gasteiger partial charge in [0.1, 0.15) is 0 Å². The molecule has 0 spiro atoms. The van der Waals surface area contributed by atoms with Gasteiger partial charge in [0.2, 0.25) is 0 Å². The summed E-state index contributed by atoms with van der Waals surface area (Å²) in [4.78, 5) is 2.35. The van der Waals surface area contributed by atoms with E-state index in [1.165, 1.54) is 30.5 Å². The molecule has 0 amide bonds. The normalized spacial score (nSPS) is 19.7. The maximum absolute atomic E-state index is 12.6. The van der Waals surface area contributed by atoms with E-state index in [0.717, 1.165) is 36.3 Å². The molecule has 1 atom stereocenters. The van der Waals surface area contributed by atoms with E-state index in [-0.39, 0.29) is 0 Å². The minimum absolute atomic E-state index is 0.551. The Kier molecular flexibility index (Phi) is 4.44. The number of rotatable bonds is 2. The van der Waals surface area contributed by atoms with E-state index in [4.69, 9.17) is 0 Å². The molecule has 0 aromatic heterocycles. The van der Waals surface area contributed by atoms with Gasteiger partial charge >= 0.3 is 6.18 Å². The molecule has 1 saturated heterocycles. The fraction of sp³-hybridized carbons (Fsp3) is 0.368. The van der Waals surface area contributed by atoms with Crippen molar-refractivity contribution in [2.75, 3.05) is 20.1 Å². The molecule has 1 heterocycles.